The van der Waals surface area contributed by atoms with Gasteiger partial charge in [0.25, 0.3) is 0 Å². The maximum atomic E-state index is 5.21. The third-order valence-electron chi connectivity index (χ3n) is 1.15. The minimum atomic E-state index is 0.855. The highest BCUT2D eigenvalue weighted by Gasteiger charge is 1.75. The molecule has 11 heavy (non-hydrogen) atoms. The number of nitrogens with zero attached hydrogens (tertiary/aromatic N) is 1. The van der Waals surface area contributed by atoms with Crippen LogP contribution in [0.4, 0.5) is 0 Å². The van der Waals surface area contributed by atoms with Crippen molar-refractivity contribution in [3.8, 4) is 0 Å². The van der Waals surface area contributed by atoms with E-state index in [1.807, 2.05) is 11.4 Å². The zero-order chi connectivity index (χ0) is 8.36. The summed E-state index contributed by atoms with van der Waals surface area (Å²) >= 11 is 1.46. The fraction of sp³-hybridized carbons (Fsp3) is 0.625. The van der Waals surface area contributed by atoms with Gasteiger partial charge >= 0.3 is 0 Å². The van der Waals surface area contributed by atoms with E-state index in [2.05, 4.69) is 11.3 Å². The Morgan fingerprint density at radius 2 is 2.27 bits per heavy atom. The van der Waals surface area contributed by atoms with Crippen LogP contribution >= 0.6 is 11.5 Å². The maximum absolute atomic E-state index is 5.21. The fourth-order valence-electron chi connectivity index (χ4n) is 0.570. The Morgan fingerprint density at radius 3 is 2.45 bits per heavy atom. The first-order valence-corrected chi connectivity index (χ1v) is 4.80. The monoisotopic (exact) mass is 172 g/mol. The van der Waals surface area contributed by atoms with Gasteiger partial charge in [-0.25, -0.2) is 4.37 Å². The van der Waals surface area contributed by atoms with E-state index in [-0.39, 0.29) is 0 Å². The van der Waals surface area contributed by atoms with Gasteiger partial charge in [0.15, 0.2) is 0 Å². The Hall–Kier alpha value is -0.410. The van der Waals surface area contributed by atoms with Gasteiger partial charge in [0.2, 0.25) is 0 Å². The average molecular weight is 172 g/mol. The van der Waals surface area contributed by atoms with Crippen molar-refractivity contribution in [3.63, 3.8) is 0 Å². The van der Waals surface area contributed by atoms with Gasteiger partial charge in [0.1, 0.15) is 0 Å². The molecule has 0 aliphatic carbocycles. The maximum Gasteiger partial charge on any atom is 0.0406 e. The normalized spacial score (nSPS) is 8.55. The summed E-state index contributed by atoms with van der Waals surface area (Å²) in [4.78, 5) is 0. The summed E-state index contributed by atoms with van der Waals surface area (Å²) in [5, 5.41) is 1.93. The highest BCUT2D eigenvalue weighted by atomic mass is 32.1. The van der Waals surface area contributed by atoms with Crippen molar-refractivity contribution in [2.45, 2.75) is 26.2 Å². The molecule has 0 radical (unpaired) electrons. The first kappa shape index (κ1) is 10.6. The Kier molecular flexibility index (Phi) is 9.23. The molecule has 3 heteroatoms. The van der Waals surface area contributed by atoms with Gasteiger partial charge in [-0.2, -0.15) is 0 Å². The zero-order valence-electron chi connectivity index (χ0n) is 6.99. The molecule has 0 atom stereocenters. The summed E-state index contributed by atoms with van der Waals surface area (Å²) in [6.07, 6.45) is 5.52. The molecular formula is C8H16N2S. The first-order valence-electron chi connectivity index (χ1n) is 3.96. The van der Waals surface area contributed by atoms with Crippen LogP contribution < -0.4 is 5.73 Å². The third kappa shape index (κ3) is 9.59. The van der Waals surface area contributed by atoms with Crippen molar-refractivity contribution in [2.24, 2.45) is 5.73 Å². The second-order valence-corrected chi connectivity index (χ2v) is 2.88. The van der Waals surface area contributed by atoms with Crippen molar-refractivity contribution in [1.82, 2.24) is 4.37 Å². The molecule has 2 N–H and O–H groups in total. The van der Waals surface area contributed by atoms with Crippen molar-refractivity contribution >= 4 is 11.5 Å². The predicted octanol–water partition coefficient (Wildman–Crippen LogP) is 2.28. The van der Waals surface area contributed by atoms with Gasteiger partial charge in [-0.05, 0) is 30.6 Å². The van der Waals surface area contributed by atoms with Crippen LogP contribution in [0.1, 0.15) is 26.2 Å². The van der Waals surface area contributed by atoms with Crippen LogP contribution in [-0.2, 0) is 0 Å². The molecule has 0 saturated heterocycles. The topological polar surface area (TPSA) is 38.9 Å². The quantitative estimate of drug-likeness (QED) is 0.710. The van der Waals surface area contributed by atoms with Crippen LogP contribution in [0.15, 0.2) is 17.6 Å². The summed E-state index contributed by atoms with van der Waals surface area (Å²) < 4.78 is 3.76. The summed E-state index contributed by atoms with van der Waals surface area (Å²) in [6, 6.07) is 1.91. The lowest BCUT2D eigenvalue weighted by atomic mass is 10.3. The van der Waals surface area contributed by atoms with Crippen molar-refractivity contribution < 1.29 is 0 Å². The molecule has 64 valence electrons. The molecule has 1 heterocycles. The van der Waals surface area contributed by atoms with Gasteiger partial charge in [-0.1, -0.05) is 19.8 Å². The van der Waals surface area contributed by atoms with Crippen LogP contribution in [-0.4, -0.2) is 10.9 Å². The van der Waals surface area contributed by atoms with E-state index in [0.717, 1.165) is 6.54 Å². The number of aromatic nitrogens is 1. The molecule has 0 saturated carbocycles. The van der Waals surface area contributed by atoms with Gasteiger partial charge in [-0.15, -0.1) is 0 Å². The molecule has 0 bridgehead atoms. The highest BCUT2D eigenvalue weighted by Crippen LogP contribution is 1.88. The Bertz CT molecular complexity index is 107. The van der Waals surface area contributed by atoms with Crippen molar-refractivity contribution in [3.05, 3.63) is 17.6 Å². The van der Waals surface area contributed by atoms with Crippen LogP contribution in [0.3, 0.4) is 0 Å². The molecule has 0 aromatic carbocycles. The van der Waals surface area contributed by atoms with Crippen molar-refractivity contribution in [2.75, 3.05) is 6.54 Å². The summed E-state index contributed by atoms with van der Waals surface area (Å²) in [6.45, 7) is 3.03. The largest absolute Gasteiger partial charge is 0.330 e. The first-order chi connectivity index (χ1) is 5.41. The molecule has 0 amide bonds. The molecule has 1 aromatic heterocycles. The molecule has 1 aromatic rings. The molecule has 0 fully saturated rings. The molecule has 0 spiro atoms. The fourth-order valence-corrected chi connectivity index (χ4v) is 0.921. The summed E-state index contributed by atoms with van der Waals surface area (Å²) in [5.74, 6) is 0. The minimum absolute atomic E-state index is 0.855. The zero-order valence-corrected chi connectivity index (χ0v) is 7.81. The van der Waals surface area contributed by atoms with Crippen LogP contribution in [0.2, 0.25) is 0 Å². The number of unbranched alkanes of at least 4 members (excludes halogenated alkanes) is 2. The summed E-state index contributed by atoms with van der Waals surface area (Å²) in [7, 11) is 0. The standard InChI is InChI=1S/C5H13N.C3H3NS/c1-2-3-4-5-6;1-2-4-5-3-1/h2-6H2,1H3;1-3H. The van der Waals surface area contributed by atoms with Crippen molar-refractivity contribution in [1.29, 1.82) is 0 Å². The van der Waals surface area contributed by atoms with E-state index >= 15 is 0 Å². The van der Waals surface area contributed by atoms with Gasteiger partial charge in [0.05, 0.1) is 0 Å². The lowest BCUT2D eigenvalue weighted by molar-refractivity contribution is 0.727. The predicted molar refractivity (Wildman–Crippen MR) is 50.7 cm³/mol. The van der Waals surface area contributed by atoms with Crippen LogP contribution in [0.25, 0.3) is 0 Å². The molecular weight excluding hydrogens is 156 g/mol. The molecule has 0 unspecified atom stereocenters. The van der Waals surface area contributed by atoms with Gasteiger partial charge in [0, 0.05) is 11.6 Å². The van der Waals surface area contributed by atoms with Crippen LogP contribution in [0.5, 0.6) is 0 Å². The SMILES string of the molecule is CCCCCN.c1cnsc1. The van der Waals surface area contributed by atoms with E-state index < -0.39 is 0 Å². The van der Waals surface area contributed by atoms with E-state index in [1.165, 1.54) is 30.8 Å². The Labute approximate surface area is 72.6 Å². The number of nitrogens with two attached hydrogens (primary N) is 1. The van der Waals surface area contributed by atoms with Gasteiger partial charge < -0.3 is 5.73 Å². The van der Waals surface area contributed by atoms with Gasteiger partial charge in [-0.3, -0.25) is 0 Å². The number of hydrogen-bond acceptors (Lipinski definition) is 3. The number of rotatable bonds is 3. The highest BCUT2D eigenvalue weighted by molar-refractivity contribution is 7.03. The lowest BCUT2D eigenvalue weighted by Gasteiger charge is -1.86. The molecule has 2 nitrogen and oxygen atoms in total. The molecule has 0 aliphatic heterocycles. The second-order valence-electron chi connectivity index (χ2n) is 2.18. The number of hydrogen-bond donors (Lipinski definition) is 1. The summed E-state index contributed by atoms with van der Waals surface area (Å²) in [5.41, 5.74) is 5.21. The Balaban J connectivity index is 0.000000183. The van der Waals surface area contributed by atoms with E-state index in [1.54, 1.807) is 6.20 Å². The van der Waals surface area contributed by atoms with E-state index in [9.17, 15) is 0 Å². The van der Waals surface area contributed by atoms with E-state index in [0.29, 0.717) is 0 Å². The van der Waals surface area contributed by atoms with Crippen LogP contribution in [0, 0.1) is 0 Å². The minimum Gasteiger partial charge on any atom is -0.330 e. The lowest BCUT2D eigenvalue weighted by Crippen LogP contribution is -1.96. The second kappa shape index (κ2) is 9.59. The average Bonchev–Trinajstić information content (AvgIpc) is 2.57. The Morgan fingerprint density at radius 1 is 1.45 bits per heavy atom. The molecule has 0 aliphatic rings. The molecule has 1 rings (SSSR count). The third-order valence-corrected chi connectivity index (χ3v) is 1.68. The van der Waals surface area contributed by atoms with E-state index in [4.69, 9.17) is 5.73 Å². The smallest absolute Gasteiger partial charge is 0.0406 e.